The van der Waals surface area contributed by atoms with E-state index in [9.17, 15) is 0 Å². The van der Waals surface area contributed by atoms with E-state index in [1.165, 1.54) is 18.4 Å². The zero-order valence-corrected chi connectivity index (χ0v) is 15.5. The van der Waals surface area contributed by atoms with Crippen LogP contribution in [0.15, 0.2) is 29.3 Å². The topological polar surface area (TPSA) is 39.7 Å². The van der Waals surface area contributed by atoms with Crippen LogP contribution >= 0.6 is 11.6 Å². The number of benzene rings is 1. The smallest absolute Gasteiger partial charge is 0.191 e. The maximum absolute atomic E-state index is 6.20. The zero-order valence-electron chi connectivity index (χ0n) is 14.7. The largest absolute Gasteiger partial charge is 0.354 e. The normalized spacial score (nSPS) is 18.0. The highest BCUT2D eigenvalue weighted by molar-refractivity contribution is 6.30. The quantitative estimate of drug-likeness (QED) is 0.653. The maximum Gasteiger partial charge on any atom is 0.191 e. The fourth-order valence-corrected chi connectivity index (χ4v) is 3.15. The summed E-state index contributed by atoms with van der Waals surface area (Å²) in [6, 6.07) is 8.51. The SMILES string of the molecule is CN=C(NCC(c1cccc(Cl)c1)N1CCCC1)NC(C)(C)C. The third kappa shape index (κ3) is 5.70. The minimum absolute atomic E-state index is 0.0129. The summed E-state index contributed by atoms with van der Waals surface area (Å²) in [5, 5.41) is 7.68. The monoisotopic (exact) mass is 336 g/mol. The molecule has 1 aromatic rings. The minimum Gasteiger partial charge on any atom is -0.354 e. The lowest BCUT2D eigenvalue weighted by Crippen LogP contribution is -2.49. The molecule has 1 unspecified atom stereocenters. The van der Waals surface area contributed by atoms with Gasteiger partial charge >= 0.3 is 0 Å². The van der Waals surface area contributed by atoms with E-state index in [2.05, 4.69) is 53.4 Å². The summed E-state index contributed by atoms with van der Waals surface area (Å²) in [5.74, 6) is 0.837. The molecular weight excluding hydrogens is 308 g/mol. The van der Waals surface area contributed by atoms with Crippen molar-refractivity contribution in [1.29, 1.82) is 0 Å². The standard InChI is InChI=1S/C18H29ClN4/c1-18(2,3)22-17(20-4)21-13-16(23-10-5-6-11-23)14-8-7-9-15(19)12-14/h7-9,12,16H,5-6,10-11,13H2,1-4H3,(H2,20,21,22). The number of rotatable bonds is 4. The van der Waals surface area contributed by atoms with Crippen LogP contribution in [0, 0.1) is 0 Å². The third-order valence-electron chi connectivity index (χ3n) is 3.99. The van der Waals surface area contributed by atoms with E-state index in [1.54, 1.807) is 0 Å². The van der Waals surface area contributed by atoms with Gasteiger partial charge in [0.25, 0.3) is 0 Å². The molecule has 1 saturated heterocycles. The lowest BCUT2D eigenvalue weighted by Gasteiger charge is -2.30. The predicted octanol–water partition coefficient (Wildman–Crippen LogP) is 3.44. The van der Waals surface area contributed by atoms with Crippen molar-refractivity contribution >= 4 is 17.6 Å². The molecular formula is C18H29ClN4. The van der Waals surface area contributed by atoms with Crippen LogP contribution in [-0.2, 0) is 0 Å². The number of hydrogen-bond acceptors (Lipinski definition) is 2. The average molecular weight is 337 g/mol. The Hall–Kier alpha value is -1.26. The molecule has 0 spiro atoms. The van der Waals surface area contributed by atoms with Crippen molar-refractivity contribution in [3.8, 4) is 0 Å². The first-order chi connectivity index (χ1) is 10.9. The second-order valence-electron chi connectivity index (χ2n) is 7.14. The van der Waals surface area contributed by atoms with Gasteiger partial charge in [0, 0.05) is 24.2 Å². The van der Waals surface area contributed by atoms with Gasteiger partial charge in [-0.05, 0) is 64.4 Å². The molecule has 23 heavy (non-hydrogen) atoms. The van der Waals surface area contributed by atoms with Gasteiger partial charge in [-0.1, -0.05) is 23.7 Å². The van der Waals surface area contributed by atoms with Crippen LogP contribution in [0.2, 0.25) is 5.02 Å². The van der Waals surface area contributed by atoms with E-state index >= 15 is 0 Å². The first-order valence-electron chi connectivity index (χ1n) is 8.37. The number of likely N-dealkylation sites (tertiary alicyclic amines) is 1. The Morgan fingerprint density at radius 1 is 1.30 bits per heavy atom. The van der Waals surface area contributed by atoms with E-state index < -0.39 is 0 Å². The molecule has 1 aliphatic rings. The Morgan fingerprint density at radius 3 is 2.57 bits per heavy atom. The summed E-state index contributed by atoms with van der Waals surface area (Å²) in [6.07, 6.45) is 2.54. The van der Waals surface area contributed by atoms with E-state index in [-0.39, 0.29) is 5.54 Å². The Labute approximate surface area is 145 Å². The summed E-state index contributed by atoms with van der Waals surface area (Å²) in [6.45, 7) is 9.50. The Morgan fingerprint density at radius 2 is 2.00 bits per heavy atom. The van der Waals surface area contributed by atoms with E-state index in [1.807, 2.05) is 19.2 Å². The summed E-state index contributed by atoms with van der Waals surface area (Å²) in [7, 11) is 1.81. The van der Waals surface area contributed by atoms with E-state index in [0.29, 0.717) is 6.04 Å². The van der Waals surface area contributed by atoms with Gasteiger partial charge in [-0.15, -0.1) is 0 Å². The summed E-state index contributed by atoms with van der Waals surface area (Å²) < 4.78 is 0. The van der Waals surface area contributed by atoms with Crippen LogP contribution in [0.5, 0.6) is 0 Å². The molecule has 0 radical (unpaired) electrons. The number of nitrogens with one attached hydrogen (secondary N) is 2. The third-order valence-corrected chi connectivity index (χ3v) is 4.23. The maximum atomic E-state index is 6.20. The summed E-state index contributed by atoms with van der Waals surface area (Å²) >= 11 is 6.20. The molecule has 1 aliphatic heterocycles. The molecule has 1 aromatic carbocycles. The molecule has 0 saturated carbocycles. The molecule has 0 aromatic heterocycles. The Kier molecular flexibility index (Phi) is 6.31. The number of nitrogens with zero attached hydrogens (tertiary/aromatic N) is 2. The molecule has 0 amide bonds. The van der Waals surface area contributed by atoms with Gasteiger partial charge in [0.05, 0.1) is 6.04 Å². The van der Waals surface area contributed by atoms with Crippen molar-refractivity contribution in [2.75, 3.05) is 26.7 Å². The molecule has 2 N–H and O–H groups in total. The van der Waals surface area contributed by atoms with Crippen molar-refractivity contribution in [3.63, 3.8) is 0 Å². The van der Waals surface area contributed by atoms with Crippen molar-refractivity contribution in [1.82, 2.24) is 15.5 Å². The van der Waals surface area contributed by atoms with Crippen molar-refractivity contribution in [2.45, 2.75) is 45.2 Å². The second kappa shape index (κ2) is 8.02. The van der Waals surface area contributed by atoms with Crippen molar-refractivity contribution in [2.24, 2.45) is 4.99 Å². The molecule has 0 aliphatic carbocycles. The molecule has 4 nitrogen and oxygen atoms in total. The van der Waals surface area contributed by atoms with Crippen LogP contribution in [0.4, 0.5) is 0 Å². The first kappa shape index (κ1) is 18.1. The predicted molar refractivity (Wildman–Crippen MR) is 99.3 cm³/mol. The van der Waals surface area contributed by atoms with Crippen LogP contribution < -0.4 is 10.6 Å². The van der Waals surface area contributed by atoms with Crippen LogP contribution in [0.1, 0.15) is 45.2 Å². The fourth-order valence-electron chi connectivity index (χ4n) is 2.95. The molecule has 1 atom stereocenters. The molecule has 5 heteroatoms. The molecule has 1 fully saturated rings. The lowest BCUT2D eigenvalue weighted by atomic mass is 10.1. The number of hydrogen-bond donors (Lipinski definition) is 2. The van der Waals surface area contributed by atoms with Crippen LogP contribution in [0.3, 0.4) is 0 Å². The average Bonchev–Trinajstić information content (AvgIpc) is 2.99. The lowest BCUT2D eigenvalue weighted by molar-refractivity contribution is 0.245. The van der Waals surface area contributed by atoms with Gasteiger partial charge in [-0.25, -0.2) is 0 Å². The second-order valence-corrected chi connectivity index (χ2v) is 7.58. The molecule has 128 valence electrons. The first-order valence-corrected chi connectivity index (χ1v) is 8.75. The summed E-state index contributed by atoms with van der Waals surface area (Å²) in [4.78, 5) is 6.86. The van der Waals surface area contributed by atoms with Gasteiger partial charge in [-0.2, -0.15) is 0 Å². The van der Waals surface area contributed by atoms with Gasteiger partial charge in [0.15, 0.2) is 5.96 Å². The summed E-state index contributed by atoms with van der Waals surface area (Å²) in [5.41, 5.74) is 1.25. The Bertz CT molecular complexity index is 530. The van der Waals surface area contributed by atoms with Gasteiger partial charge in [-0.3, -0.25) is 9.89 Å². The number of aliphatic imine (C=N–C) groups is 1. The van der Waals surface area contributed by atoms with Crippen molar-refractivity contribution < 1.29 is 0 Å². The highest BCUT2D eigenvalue weighted by Crippen LogP contribution is 2.26. The minimum atomic E-state index is -0.0129. The zero-order chi connectivity index (χ0) is 16.9. The van der Waals surface area contributed by atoms with Crippen molar-refractivity contribution in [3.05, 3.63) is 34.9 Å². The molecule has 1 heterocycles. The van der Waals surface area contributed by atoms with Crippen LogP contribution in [-0.4, -0.2) is 43.1 Å². The van der Waals surface area contributed by atoms with Gasteiger partial charge < -0.3 is 10.6 Å². The fraction of sp³-hybridized carbons (Fsp3) is 0.611. The molecule has 0 bridgehead atoms. The van der Waals surface area contributed by atoms with E-state index in [0.717, 1.165) is 30.6 Å². The van der Waals surface area contributed by atoms with Gasteiger partial charge in [0.1, 0.15) is 0 Å². The van der Waals surface area contributed by atoms with Gasteiger partial charge in [0.2, 0.25) is 0 Å². The highest BCUT2D eigenvalue weighted by Gasteiger charge is 2.24. The number of guanidine groups is 1. The molecule has 2 rings (SSSR count). The number of halogens is 1. The highest BCUT2D eigenvalue weighted by atomic mass is 35.5. The Balaban J connectivity index is 2.09. The van der Waals surface area contributed by atoms with Crippen LogP contribution in [0.25, 0.3) is 0 Å². The van der Waals surface area contributed by atoms with E-state index in [4.69, 9.17) is 11.6 Å².